The van der Waals surface area contributed by atoms with Crippen LogP contribution in [0.25, 0.3) is 22.8 Å². The summed E-state index contributed by atoms with van der Waals surface area (Å²) in [5, 5.41) is 13.9. The number of nitrogens with one attached hydrogen (secondary N) is 1. The maximum atomic E-state index is 10.1. The zero-order valence-electron chi connectivity index (χ0n) is 17.7. The second-order valence-corrected chi connectivity index (χ2v) is 8.66. The Balaban J connectivity index is 1.89. The fourth-order valence-corrected chi connectivity index (χ4v) is 2.94. The maximum absolute atomic E-state index is 10.1. The molecule has 2 aromatic carbocycles. The summed E-state index contributed by atoms with van der Waals surface area (Å²) in [4.78, 5) is 12.7. The number of rotatable bonds is 7. The molecule has 3 aromatic rings. The first-order valence-electron chi connectivity index (χ1n) is 9.93. The standard InChI is InChI=1S/C23H27ClN4O2/c1-5-25-13-15-6-11-19(24)18(12-15)21-26-20(27-22(29)28-21)16-7-9-17(10-8-16)30-14-23(2,3)4/h6-12,25H,5,13-14H2,1-4H3,(H,26,27,28,29). The molecule has 0 spiro atoms. The summed E-state index contributed by atoms with van der Waals surface area (Å²) in [5.74, 6) is 1.47. The number of halogens is 1. The zero-order valence-corrected chi connectivity index (χ0v) is 18.5. The number of hydrogen-bond acceptors (Lipinski definition) is 6. The monoisotopic (exact) mass is 426 g/mol. The van der Waals surface area contributed by atoms with E-state index in [9.17, 15) is 5.11 Å². The quantitative estimate of drug-likeness (QED) is 0.547. The summed E-state index contributed by atoms with van der Waals surface area (Å²) in [6.07, 6.45) is 0. The van der Waals surface area contributed by atoms with Crippen molar-refractivity contribution in [2.24, 2.45) is 5.41 Å². The molecule has 0 radical (unpaired) electrons. The van der Waals surface area contributed by atoms with E-state index in [0.717, 1.165) is 23.4 Å². The average molecular weight is 427 g/mol. The highest BCUT2D eigenvalue weighted by molar-refractivity contribution is 6.33. The minimum absolute atomic E-state index is 0.0774. The van der Waals surface area contributed by atoms with Gasteiger partial charge in [-0.3, -0.25) is 0 Å². The Morgan fingerprint density at radius 3 is 2.37 bits per heavy atom. The van der Waals surface area contributed by atoms with E-state index in [-0.39, 0.29) is 11.4 Å². The Bertz CT molecular complexity index is 1000. The summed E-state index contributed by atoms with van der Waals surface area (Å²) in [5.41, 5.74) is 2.53. The van der Waals surface area contributed by atoms with Crippen LogP contribution in [0.5, 0.6) is 11.8 Å². The van der Waals surface area contributed by atoms with Crippen LogP contribution in [0.4, 0.5) is 0 Å². The Morgan fingerprint density at radius 2 is 1.70 bits per heavy atom. The predicted molar refractivity (Wildman–Crippen MR) is 120 cm³/mol. The molecule has 0 saturated carbocycles. The molecule has 6 nitrogen and oxygen atoms in total. The van der Waals surface area contributed by atoms with Gasteiger partial charge in [0.25, 0.3) is 0 Å². The van der Waals surface area contributed by atoms with Gasteiger partial charge in [-0.05, 0) is 53.9 Å². The molecule has 0 saturated heterocycles. The highest BCUT2D eigenvalue weighted by Crippen LogP contribution is 2.29. The van der Waals surface area contributed by atoms with Gasteiger partial charge in [-0.2, -0.15) is 9.97 Å². The molecule has 0 aliphatic heterocycles. The van der Waals surface area contributed by atoms with Gasteiger partial charge in [-0.25, -0.2) is 4.98 Å². The summed E-state index contributed by atoms with van der Waals surface area (Å²) in [6.45, 7) is 10.6. The molecular weight excluding hydrogens is 400 g/mol. The van der Waals surface area contributed by atoms with Crippen molar-refractivity contribution in [3.8, 4) is 34.5 Å². The van der Waals surface area contributed by atoms with Gasteiger partial charge >= 0.3 is 6.01 Å². The van der Waals surface area contributed by atoms with Crippen molar-refractivity contribution in [3.63, 3.8) is 0 Å². The molecule has 2 N–H and O–H groups in total. The number of ether oxygens (including phenoxy) is 1. The average Bonchev–Trinajstić information content (AvgIpc) is 2.71. The molecule has 0 fully saturated rings. The molecule has 0 aliphatic rings. The molecular formula is C23H27ClN4O2. The van der Waals surface area contributed by atoms with Crippen LogP contribution in [0.3, 0.4) is 0 Å². The summed E-state index contributed by atoms with van der Waals surface area (Å²) in [7, 11) is 0. The number of nitrogens with zero attached hydrogens (tertiary/aromatic N) is 3. The molecule has 30 heavy (non-hydrogen) atoms. The Hall–Kier alpha value is -2.70. The second kappa shape index (κ2) is 9.41. The fraction of sp³-hybridized carbons (Fsp3) is 0.348. The van der Waals surface area contributed by atoms with Gasteiger partial charge < -0.3 is 15.2 Å². The van der Waals surface area contributed by atoms with Crippen molar-refractivity contribution in [3.05, 3.63) is 53.1 Å². The van der Waals surface area contributed by atoms with Crippen LogP contribution in [0.15, 0.2) is 42.5 Å². The van der Waals surface area contributed by atoms with Crippen molar-refractivity contribution in [2.45, 2.75) is 34.2 Å². The van der Waals surface area contributed by atoms with Gasteiger partial charge in [-0.15, -0.1) is 0 Å². The number of aromatic nitrogens is 3. The van der Waals surface area contributed by atoms with Gasteiger partial charge in [0, 0.05) is 17.7 Å². The van der Waals surface area contributed by atoms with Crippen molar-refractivity contribution in [1.29, 1.82) is 0 Å². The topological polar surface area (TPSA) is 80.2 Å². The first-order chi connectivity index (χ1) is 14.2. The Morgan fingerprint density at radius 1 is 1.00 bits per heavy atom. The van der Waals surface area contributed by atoms with Crippen LogP contribution in [-0.2, 0) is 6.54 Å². The first-order valence-corrected chi connectivity index (χ1v) is 10.3. The number of hydrogen-bond donors (Lipinski definition) is 2. The van der Waals surface area contributed by atoms with Crippen molar-refractivity contribution in [2.75, 3.05) is 13.2 Å². The molecule has 1 heterocycles. The van der Waals surface area contributed by atoms with Crippen LogP contribution in [0.1, 0.15) is 33.3 Å². The molecule has 0 bridgehead atoms. The molecule has 0 amide bonds. The van der Waals surface area contributed by atoms with Crippen LogP contribution in [0.2, 0.25) is 5.02 Å². The van der Waals surface area contributed by atoms with Crippen LogP contribution >= 0.6 is 11.6 Å². The summed E-state index contributed by atoms with van der Waals surface area (Å²) in [6, 6.07) is 12.8. The van der Waals surface area contributed by atoms with Crippen LogP contribution in [-0.4, -0.2) is 33.2 Å². The Kier molecular flexibility index (Phi) is 6.90. The van der Waals surface area contributed by atoms with Gasteiger partial charge in [-0.1, -0.05) is 45.4 Å². The van der Waals surface area contributed by atoms with E-state index in [0.29, 0.717) is 35.4 Å². The lowest BCUT2D eigenvalue weighted by molar-refractivity contribution is 0.198. The van der Waals surface area contributed by atoms with E-state index in [1.165, 1.54) is 0 Å². The lowest BCUT2D eigenvalue weighted by atomic mass is 9.99. The zero-order chi connectivity index (χ0) is 21.7. The molecule has 3 rings (SSSR count). The third-order valence-electron chi connectivity index (χ3n) is 4.26. The SMILES string of the molecule is CCNCc1ccc(Cl)c(-c2nc(O)nc(-c3ccc(OCC(C)(C)C)cc3)n2)c1. The predicted octanol–water partition coefficient (Wildman–Crippen LogP) is 5.10. The Labute approximate surface area is 182 Å². The third-order valence-corrected chi connectivity index (χ3v) is 4.59. The minimum atomic E-state index is -0.351. The van der Waals surface area contributed by atoms with Crippen LogP contribution in [0, 0.1) is 5.41 Å². The second-order valence-electron chi connectivity index (χ2n) is 8.25. The lowest BCUT2D eigenvalue weighted by Gasteiger charge is -2.18. The smallest absolute Gasteiger partial charge is 0.318 e. The van der Waals surface area contributed by atoms with E-state index in [1.807, 2.05) is 49.4 Å². The highest BCUT2D eigenvalue weighted by Gasteiger charge is 2.14. The molecule has 1 aromatic heterocycles. The number of aromatic hydroxyl groups is 1. The summed E-state index contributed by atoms with van der Waals surface area (Å²) < 4.78 is 5.81. The number of benzene rings is 2. The summed E-state index contributed by atoms with van der Waals surface area (Å²) >= 11 is 6.39. The maximum Gasteiger partial charge on any atom is 0.318 e. The molecule has 0 aliphatic carbocycles. The third kappa shape index (κ3) is 5.90. The molecule has 0 unspecified atom stereocenters. The normalized spacial score (nSPS) is 11.5. The van der Waals surface area contributed by atoms with E-state index >= 15 is 0 Å². The molecule has 0 atom stereocenters. The minimum Gasteiger partial charge on any atom is -0.493 e. The van der Waals surface area contributed by atoms with Gasteiger partial charge in [0.1, 0.15) is 5.75 Å². The largest absolute Gasteiger partial charge is 0.493 e. The van der Waals surface area contributed by atoms with E-state index in [4.69, 9.17) is 16.3 Å². The fourth-order valence-electron chi connectivity index (χ4n) is 2.74. The van der Waals surface area contributed by atoms with Crippen molar-refractivity contribution in [1.82, 2.24) is 20.3 Å². The van der Waals surface area contributed by atoms with Gasteiger partial charge in [0.2, 0.25) is 0 Å². The highest BCUT2D eigenvalue weighted by atomic mass is 35.5. The molecule has 158 valence electrons. The van der Waals surface area contributed by atoms with Gasteiger partial charge in [0.05, 0.1) is 11.6 Å². The van der Waals surface area contributed by atoms with Crippen molar-refractivity contribution < 1.29 is 9.84 Å². The van der Waals surface area contributed by atoms with E-state index < -0.39 is 0 Å². The van der Waals surface area contributed by atoms with Gasteiger partial charge in [0.15, 0.2) is 11.6 Å². The van der Waals surface area contributed by atoms with Crippen molar-refractivity contribution >= 4 is 11.6 Å². The first kappa shape index (κ1) is 22.0. The lowest BCUT2D eigenvalue weighted by Crippen LogP contribution is -2.16. The van der Waals surface area contributed by atoms with E-state index in [1.54, 1.807) is 0 Å². The van der Waals surface area contributed by atoms with E-state index in [2.05, 4.69) is 41.0 Å². The molecule has 7 heteroatoms. The van der Waals surface area contributed by atoms with Crippen LogP contribution < -0.4 is 10.1 Å².